The maximum Gasteiger partial charge on any atom is 0.390 e. The number of hydrogen-bond acceptors (Lipinski definition) is 2. The third-order valence-electron chi connectivity index (χ3n) is 3.33. The average Bonchev–Trinajstić information content (AvgIpc) is 2.23. The van der Waals surface area contributed by atoms with Crippen molar-refractivity contribution in [3.63, 3.8) is 0 Å². The van der Waals surface area contributed by atoms with Crippen molar-refractivity contribution in [2.24, 2.45) is 0 Å². The number of alkyl halides is 6. The smallest absolute Gasteiger partial charge is 0.313 e. The van der Waals surface area contributed by atoms with Gasteiger partial charge in [0.1, 0.15) is 0 Å². The minimum absolute atomic E-state index is 0.127. The molecule has 0 aromatic carbocycles. The summed E-state index contributed by atoms with van der Waals surface area (Å²) in [7, 11) is 0. The molecule has 1 N–H and O–H groups in total. The Hall–Kier alpha value is -0.500. The van der Waals surface area contributed by atoms with E-state index in [0.29, 0.717) is 0 Å². The first kappa shape index (κ1) is 20.5. The summed E-state index contributed by atoms with van der Waals surface area (Å²) < 4.78 is 77.2. The molecule has 0 atom stereocenters. The lowest BCUT2D eigenvalue weighted by Crippen LogP contribution is -2.59. The third kappa shape index (κ3) is 7.90. The number of rotatable bonds is 8. The van der Waals surface area contributed by atoms with Crippen molar-refractivity contribution in [2.75, 3.05) is 19.6 Å². The summed E-state index contributed by atoms with van der Waals surface area (Å²) >= 11 is 0. The zero-order valence-corrected chi connectivity index (χ0v) is 12.8. The van der Waals surface area contributed by atoms with E-state index in [1.807, 2.05) is 0 Å². The predicted octanol–water partition coefficient (Wildman–Crippen LogP) is 3.97. The van der Waals surface area contributed by atoms with Crippen molar-refractivity contribution in [1.82, 2.24) is 10.2 Å². The van der Waals surface area contributed by atoms with Crippen LogP contribution < -0.4 is 5.32 Å². The Labute approximate surface area is 121 Å². The number of nitrogens with zero attached hydrogens (tertiary/aromatic N) is 1. The van der Waals surface area contributed by atoms with Crippen molar-refractivity contribution < 1.29 is 26.3 Å². The van der Waals surface area contributed by atoms with Crippen molar-refractivity contribution in [3.05, 3.63) is 0 Å². The molecule has 0 aromatic heterocycles. The van der Waals surface area contributed by atoms with Crippen LogP contribution in [0.25, 0.3) is 0 Å². The molecule has 0 aliphatic carbocycles. The summed E-state index contributed by atoms with van der Waals surface area (Å²) in [5.74, 6) is 0. The van der Waals surface area contributed by atoms with E-state index in [1.54, 1.807) is 27.7 Å². The Morgan fingerprint density at radius 2 is 1.24 bits per heavy atom. The molecule has 0 saturated carbocycles. The fourth-order valence-corrected chi connectivity index (χ4v) is 2.56. The quantitative estimate of drug-likeness (QED) is 0.680. The van der Waals surface area contributed by atoms with Crippen LogP contribution in [-0.4, -0.2) is 48.5 Å². The number of nitrogens with one attached hydrogen (secondary N) is 1. The van der Waals surface area contributed by atoms with Crippen LogP contribution in [0.4, 0.5) is 26.3 Å². The van der Waals surface area contributed by atoms with Gasteiger partial charge < -0.3 is 5.32 Å². The predicted molar refractivity (Wildman–Crippen MR) is 70.1 cm³/mol. The van der Waals surface area contributed by atoms with Gasteiger partial charge in [0, 0.05) is 12.6 Å². The van der Waals surface area contributed by atoms with E-state index in [-0.39, 0.29) is 25.7 Å². The maximum absolute atomic E-state index is 12.9. The average molecular weight is 322 g/mol. The topological polar surface area (TPSA) is 15.3 Å². The first-order valence-corrected chi connectivity index (χ1v) is 6.97. The normalized spacial score (nSPS) is 14.3. The van der Waals surface area contributed by atoms with Gasteiger partial charge in [-0.15, -0.1) is 0 Å². The standard InChI is InChI=1S/C13H24F6N2/c1-5-21(6-2)11(7-12(14,15)16,8-13(17,18)19)9-20-10(3)4/h10,20H,5-9H2,1-4H3. The molecule has 0 radical (unpaired) electrons. The molecule has 0 aliphatic heterocycles. The molecule has 0 bridgehead atoms. The molecule has 21 heavy (non-hydrogen) atoms. The molecule has 0 unspecified atom stereocenters. The highest BCUT2D eigenvalue weighted by Crippen LogP contribution is 2.39. The van der Waals surface area contributed by atoms with E-state index in [9.17, 15) is 26.3 Å². The maximum atomic E-state index is 12.9. The van der Waals surface area contributed by atoms with Gasteiger partial charge in [-0.25, -0.2) is 0 Å². The molecular weight excluding hydrogens is 298 g/mol. The Bertz CT molecular complexity index is 278. The van der Waals surface area contributed by atoms with Crippen molar-refractivity contribution >= 4 is 0 Å². The monoisotopic (exact) mass is 322 g/mol. The lowest BCUT2D eigenvalue weighted by molar-refractivity contribution is -0.200. The largest absolute Gasteiger partial charge is 0.390 e. The molecule has 0 fully saturated rings. The van der Waals surface area contributed by atoms with Gasteiger partial charge in [-0.2, -0.15) is 26.3 Å². The zero-order chi connectivity index (χ0) is 16.9. The van der Waals surface area contributed by atoms with Crippen LogP contribution >= 0.6 is 0 Å². The molecule has 0 aromatic rings. The Morgan fingerprint density at radius 3 is 1.48 bits per heavy atom. The van der Waals surface area contributed by atoms with E-state index in [0.717, 1.165) is 0 Å². The summed E-state index contributed by atoms with van der Waals surface area (Å²) in [5.41, 5.74) is -2.01. The fraction of sp³-hybridized carbons (Fsp3) is 1.00. The second kappa shape index (κ2) is 7.67. The van der Waals surface area contributed by atoms with Crippen LogP contribution in [0, 0.1) is 0 Å². The molecule has 0 rings (SSSR count). The van der Waals surface area contributed by atoms with E-state index < -0.39 is 30.7 Å². The minimum atomic E-state index is -4.66. The molecule has 0 heterocycles. The Morgan fingerprint density at radius 1 is 0.857 bits per heavy atom. The zero-order valence-electron chi connectivity index (χ0n) is 12.8. The van der Waals surface area contributed by atoms with Gasteiger partial charge in [-0.1, -0.05) is 27.7 Å². The highest BCUT2D eigenvalue weighted by atomic mass is 19.4. The highest BCUT2D eigenvalue weighted by Gasteiger charge is 2.51. The van der Waals surface area contributed by atoms with Crippen LogP contribution in [0.5, 0.6) is 0 Å². The SMILES string of the molecule is CCN(CC)C(CNC(C)C)(CC(F)(F)F)CC(F)(F)F. The molecule has 2 nitrogen and oxygen atoms in total. The first-order chi connectivity index (χ1) is 9.35. The molecule has 8 heteroatoms. The molecule has 0 spiro atoms. The van der Waals surface area contributed by atoms with Gasteiger partial charge in [0.25, 0.3) is 0 Å². The van der Waals surface area contributed by atoms with Crippen LogP contribution in [0.1, 0.15) is 40.5 Å². The van der Waals surface area contributed by atoms with Crippen molar-refractivity contribution in [2.45, 2.75) is 64.5 Å². The van der Waals surface area contributed by atoms with E-state index in [4.69, 9.17) is 0 Å². The van der Waals surface area contributed by atoms with Gasteiger partial charge in [0.2, 0.25) is 0 Å². The van der Waals surface area contributed by atoms with E-state index in [1.165, 1.54) is 4.90 Å². The summed E-state index contributed by atoms with van der Waals surface area (Å²) in [4.78, 5) is 1.25. The summed E-state index contributed by atoms with van der Waals surface area (Å²) in [5, 5.41) is 2.74. The number of halogens is 6. The van der Waals surface area contributed by atoms with Gasteiger partial charge in [0.15, 0.2) is 0 Å². The Balaban J connectivity index is 5.56. The first-order valence-electron chi connectivity index (χ1n) is 6.97. The van der Waals surface area contributed by atoms with Crippen LogP contribution in [-0.2, 0) is 0 Å². The second-order valence-electron chi connectivity index (χ2n) is 5.52. The van der Waals surface area contributed by atoms with E-state index in [2.05, 4.69) is 5.32 Å². The van der Waals surface area contributed by atoms with Crippen LogP contribution in [0.15, 0.2) is 0 Å². The third-order valence-corrected chi connectivity index (χ3v) is 3.33. The summed E-state index contributed by atoms with van der Waals surface area (Å²) in [6, 6.07) is -0.193. The summed E-state index contributed by atoms with van der Waals surface area (Å²) in [6.45, 7) is 6.42. The number of hydrogen-bond donors (Lipinski definition) is 1. The fourth-order valence-electron chi connectivity index (χ4n) is 2.56. The van der Waals surface area contributed by atoms with Crippen LogP contribution in [0.2, 0.25) is 0 Å². The van der Waals surface area contributed by atoms with E-state index >= 15 is 0 Å². The molecule has 0 aliphatic rings. The molecule has 0 saturated heterocycles. The lowest BCUT2D eigenvalue weighted by Gasteiger charge is -2.44. The number of likely N-dealkylation sites (N-methyl/N-ethyl adjacent to an activating group) is 1. The Kier molecular flexibility index (Phi) is 7.49. The molecule has 128 valence electrons. The van der Waals surface area contributed by atoms with Crippen molar-refractivity contribution in [1.29, 1.82) is 0 Å². The van der Waals surface area contributed by atoms with Gasteiger partial charge in [-0.3, -0.25) is 4.90 Å². The van der Waals surface area contributed by atoms with Crippen molar-refractivity contribution in [3.8, 4) is 0 Å². The minimum Gasteiger partial charge on any atom is -0.313 e. The highest BCUT2D eigenvalue weighted by molar-refractivity contribution is 4.96. The molecule has 0 amide bonds. The van der Waals surface area contributed by atoms with Gasteiger partial charge >= 0.3 is 12.4 Å². The van der Waals surface area contributed by atoms with Crippen LogP contribution in [0.3, 0.4) is 0 Å². The lowest BCUT2D eigenvalue weighted by atomic mass is 9.87. The summed E-state index contributed by atoms with van der Waals surface area (Å²) in [6.07, 6.45) is -12.3. The molecular formula is C13H24F6N2. The van der Waals surface area contributed by atoms with Gasteiger partial charge in [0.05, 0.1) is 18.4 Å². The van der Waals surface area contributed by atoms with Gasteiger partial charge in [-0.05, 0) is 13.1 Å². The second-order valence-corrected chi connectivity index (χ2v) is 5.52.